The van der Waals surface area contributed by atoms with E-state index in [1.807, 2.05) is 0 Å². The maximum absolute atomic E-state index is 3.48. The molecule has 0 bridgehead atoms. The van der Waals surface area contributed by atoms with Crippen LogP contribution in [0.3, 0.4) is 0 Å². The molecule has 1 heteroatoms. The molecule has 0 aromatic rings. The number of hydrogen-bond donors (Lipinski definition) is 1. The summed E-state index contributed by atoms with van der Waals surface area (Å²) in [6.07, 6.45) is 7.08. The van der Waals surface area contributed by atoms with Crippen molar-refractivity contribution in [1.82, 2.24) is 5.32 Å². The minimum absolute atomic E-state index is 0.937. The van der Waals surface area contributed by atoms with Crippen LogP contribution in [-0.4, -0.2) is 13.1 Å². The van der Waals surface area contributed by atoms with E-state index in [1.54, 1.807) is 0 Å². The summed E-state index contributed by atoms with van der Waals surface area (Å²) in [7, 11) is 0. The van der Waals surface area contributed by atoms with Gasteiger partial charge in [-0.2, -0.15) is 0 Å². The SMILES string of the molecule is CCC(C)CCC1CCCNC1. The molecule has 1 rings (SSSR count). The third-order valence-electron chi connectivity index (χ3n) is 3.16. The highest BCUT2D eigenvalue weighted by molar-refractivity contribution is 4.69. The fraction of sp³-hybridized carbons (Fsp3) is 1.00. The van der Waals surface area contributed by atoms with Gasteiger partial charge >= 0.3 is 0 Å². The van der Waals surface area contributed by atoms with Crippen molar-refractivity contribution in [3.05, 3.63) is 0 Å². The van der Waals surface area contributed by atoms with Crippen LogP contribution in [0.1, 0.15) is 46.0 Å². The number of hydrogen-bond acceptors (Lipinski definition) is 1. The molecule has 1 heterocycles. The van der Waals surface area contributed by atoms with Gasteiger partial charge in [0.25, 0.3) is 0 Å². The standard InChI is InChI=1S/C11H23N/c1-3-10(2)6-7-11-5-4-8-12-9-11/h10-12H,3-9H2,1-2H3. The summed E-state index contributed by atoms with van der Waals surface area (Å²) >= 11 is 0. The molecule has 1 N–H and O–H groups in total. The van der Waals surface area contributed by atoms with E-state index >= 15 is 0 Å². The monoisotopic (exact) mass is 169 g/mol. The Bertz CT molecular complexity index is 106. The summed E-state index contributed by atoms with van der Waals surface area (Å²) in [6.45, 7) is 7.19. The van der Waals surface area contributed by atoms with Crippen LogP contribution in [0.25, 0.3) is 0 Å². The molecule has 0 aliphatic carbocycles. The van der Waals surface area contributed by atoms with Crippen molar-refractivity contribution in [2.45, 2.75) is 46.0 Å². The molecule has 1 nitrogen and oxygen atoms in total. The van der Waals surface area contributed by atoms with Gasteiger partial charge in [0, 0.05) is 0 Å². The maximum atomic E-state index is 3.48. The Labute approximate surface area is 76.9 Å². The molecule has 2 unspecified atom stereocenters. The van der Waals surface area contributed by atoms with E-state index in [2.05, 4.69) is 19.2 Å². The zero-order valence-electron chi connectivity index (χ0n) is 8.60. The van der Waals surface area contributed by atoms with Gasteiger partial charge in [-0.15, -0.1) is 0 Å². The minimum Gasteiger partial charge on any atom is -0.316 e. The zero-order chi connectivity index (χ0) is 8.81. The Morgan fingerprint density at radius 2 is 2.33 bits per heavy atom. The first-order chi connectivity index (χ1) is 5.83. The molecule has 0 aromatic heterocycles. The molecule has 0 aromatic carbocycles. The molecule has 0 radical (unpaired) electrons. The Morgan fingerprint density at radius 3 is 2.92 bits per heavy atom. The fourth-order valence-corrected chi connectivity index (χ4v) is 1.89. The molecule has 0 saturated carbocycles. The molecule has 1 fully saturated rings. The normalized spacial score (nSPS) is 27.0. The molecule has 1 aliphatic rings. The minimum atomic E-state index is 0.937. The summed E-state index contributed by atoms with van der Waals surface area (Å²) in [6, 6.07) is 0. The van der Waals surface area contributed by atoms with Crippen LogP contribution in [0, 0.1) is 11.8 Å². The molecular weight excluding hydrogens is 146 g/mol. The van der Waals surface area contributed by atoms with E-state index in [9.17, 15) is 0 Å². The lowest BCUT2D eigenvalue weighted by molar-refractivity contribution is 0.326. The van der Waals surface area contributed by atoms with E-state index in [0.29, 0.717) is 0 Å². The topological polar surface area (TPSA) is 12.0 Å². The van der Waals surface area contributed by atoms with Crippen LogP contribution in [0.15, 0.2) is 0 Å². The van der Waals surface area contributed by atoms with Gasteiger partial charge in [0.15, 0.2) is 0 Å². The van der Waals surface area contributed by atoms with Gasteiger partial charge in [-0.25, -0.2) is 0 Å². The summed E-state index contributed by atoms with van der Waals surface area (Å²) in [5.41, 5.74) is 0. The van der Waals surface area contributed by atoms with E-state index in [1.165, 1.54) is 45.2 Å². The summed E-state index contributed by atoms with van der Waals surface area (Å²) < 4.78 is 0. The van der Waals surface area contributed by atoms with Gasteiger partial charge in [0.2, 0.25) is 0 Å². The first kappa shape index (κ1) is 10.0. The maximum Gasteiger partial charge on any atom is -0.00205 e. The lowest BCUT2D eigenvalue weighted by Crippen LogP contribution is -2.29. The molecule has 2 atom stereocenters. The van der Waals surface area contributed by atoms with E-state index in [0.717, 1.165) is 11.8 Å². The summed E-state index contributed by atoms with van der Waals surface area (Å²) in [4.78, 5) is 0. The summed E-state index contributed by atoms with van der Waals surface area (Å²) in [5, 5.41) is 3.48. The Morgan fingerprint density at radius 1 is 1.50 bits per heavy atom. The fourth-order valence-electron chi connectivity index (χ4n) is 1.89. The Kier molecular flexibility index (Phi) is 4.67. The quantitative estimate of drug-likeness (QED) is 0.682. The molecule has 1 aliphatic heterocycles. The lowest BCUT2D eigenvalue weighted by atomic mass is 9.90. The van der Waals surface area contributed by atoms with Crippen molar-refractivity contribution in [2.75, 3.05) is 13.1 Å². The lowest BCUT2D eigenvalue weighted by Gasteiger charge is -2.23. The largest absolute Gasteiger partial charge is 0.316 e. The third kappa shape index (κ3) is 3.57. The average Bonchev–Trinajstić information content (AvgIpc) is 2.16. The van der Waals surface area contributed by atoms with Gasteiger partial charge in [-0.1, -0.05) is 26.7 Å². The van der Waals surface area contributed by atoms with Gasteiger partial charge < -0.3 is 5.32 Å². The second-order valence-corrected chi connectivity index (χ2v) is 4.30. The van der Waals surface area contributed by atoms with E-state index < -0.39 is 0 Å². The first-order valence-corrected chi connectivity index (χ1v) is 5.53. The molecule has 0 amide bonds. The van der Waals surface area contributed by atoms with Gasteiger partial charge in [0.1, 0.15) is 0 Å². The smallest absolute Gasteiger partial charge is 0.00205 e. The second kappa shape index (κ2) is 5.58. The zero-order valence-corrected chi connectivity index (χ0v) is 8.60. The highest BCUT2D eigenvalue weighted by Gasteiger charge is 2.13. The third-order valence-corrected chi connectivity index (χ3v) is 3.16. The van der Waals surface area contributed by atoms with Gasteiger partial charge in [-0.05, 0) is 44.2 Å². The predicted molar refractivity (Wildman–Crippen MR) is 54.3 cm³/mol. The Balaban J connectivity index is 2.05. The number of rotatable bonds is 4. The van der Waals surface area contributed by atoms with Crippen molar-refractivity contribution >= 4 is 0 Å². The van der Waals surface area contributed by atoms with Crippen molar-refractivity contribution < 1.29 is 0 Å². The number of nitrogens with one attached hydrogen (secondary N) is 1. The van der Waals surface area contributed by atoms with Crippen molar-refractivity contribution in [3.63, 3.8) is 0 Å². The second-order valence-electron chi connectivity index (χ2n) is 4.30. The van der Waals surface area contributed by atoms with Crippen LogP contribution < -0.4 is 5.32 Å². The van der Waals surface area contributed by atoms with Gasteiger partial charge in [0.05, 0.1) is 0 Å². The molecule has 0 spiro atoms. The van der Waals surface area contributed by atoms with Crippen LogP contribution in [0.5, 0.6) is 0 Å². The highest BCUT2D eigenvalue weighted by atomic mass is 14.9. The van der Waals surface area contributed by atoms with Crippen LogP contribution in [-0.2, 0) is 0 Å². The molecule has 72 valence electrons. The predicted octanol–water partition coefficient (Wildman–Crippen LogP) is 2.81. The van der Waals surface area contributed by atoms with Gasteiger partial charge in [-0.3, -0.25) is 0 Å². The van der Waals surface area contributed by atoms with E-state index in [4.69, 9.17) is 0 Å². The van der Waals surface area contributed by atoms with Crippen LogP contribution in [0.2, 0.25) is 0 Å². The van der Waals surface area contributed by atoms with E-state index in [-0.39, 0.29) is 0 Å². The summed E-state index contributed by atoms with van der Waals surface area (Å²) in [5.74, 6) is 1.92. The molecular formula is C11H23N. The molecule has 1 saturated heterocycles. The van der Waals surface area contributed by atoms with Crippen molar-refractivity contribution in [3.8, 4) is 0 Å². The van der Waals surface area contributed by atoms with Crippen molar-refractivity contribution in [2.24, 2.45) is 11.8 Å². The highest BCUT2D eigenvalue weighted by Crippen LogP contribution is 2.20. The van der Waals surface area contributed by atoms with Crippen LogP contribution in [0.4, 0.5) is 0 Å². The first-order valence-electron chi connectivity index (χ1n) is 5.53. The average molecular weight is 169 g/mol. The van der Waals surface area contributed by atoms with Crippen LogP contribution >= 0.6 is 0 Å². The van der Waals surface area contributed by atoms with Crippen molar-refractivity contribution in [1.29, 1.82) is 0 Å². The molecule has 12 heavy (non-hydrogen) atoms. The Hall–Kier alpha value is -0.0400. The number of piperidine rings is 1.